The van der Waals surface area contributed by atoms with Gasteiger partial charge in [-0.2, -0.15) is 13.2 Å². The maximum Gasteiger partial charge on any atom is 0.433 e. The van der Waals surface area contributed by atoms with E-state index in [9.17, 15) is 18.0 Å². The molecule has 0 saturated carbocycles. The maximum atomic E-state index is 13.0. The lowest BCUT2D eigenvalue weighted by molar-refractivity contribution is -0.141. The van der Waals surface area contributed by atoms with Crippen LogP contribution in [0, 0.1) is 6.92 Å². The van der Waals surface area contributed by atoms with Gasteiger partial charge in [-0.3, -0.25) is 4.79 Å². The molecule has 0 bridgehead atoms. The van der Waals surface area contributed by atoms with Gasteiger partial charge in [0, 0.05) is 30.8 Å². The van der Waals surface area contributed by atoms with Gasteiger partial charge in [0.25, 0.3) is 5.56 Å². The topological polar surface area (TPSA) is 69.2 Å². The molecule has 0 fully saturated rings. The molecule has 0 aliphatic carbocycles. The lowest BCUT2D eigenvalue weighted by atomic mass is 10.1. The van der Waals surface area contributed by atoms with Crippen LogP contribution in [0.1, 0.15) is 23.2 Å². The number of aliphatic hydroxyl groups excluding tert-OH is 1. The summed E-state index contributed by atoms with van der Waals surface area (Å²) in [5.74, 6) is -0.108. The first-order valence-corrected chi connectivity index (χ1v) is 7.79. The number of nitrogens with zero attached hydrogens (tertiary/aromatic N) is 2. The van der Waals surface area contributed by atoms with Gasteiger partial charge in [-0.05, 0) is 26.0 Å². The molecule has 0 unspecified atom stereocenters. The van der Waals surface area contributed by atoms with Gasteiger partial charge in [-0.15, -0.1) is 0 Å². The summed E-state index contributed by atoms with van der Waals surface area (Å²) in [4.78, 5) is 19.8. The third kappa shape index (κ3) is 4.90. The van der Waals surface area contributed by atoms with Crippen LogP contribution in [0.15, 0.2) is 29.1 Å². The van der Waals surface area contributed by atoms with Crippen molar-refractivity contribution in [3.63, 3.8) is 0 Å². The largest absolute Gasteiger partial charge is 0.433 e. The normalized spacial score (nSPS) is 12.0. The summed E-state index contributed by atoms with van der Waals surface area (Å²) in [5.41, 5.74) is -1.04. The highest BCUT2D eigenvalue weighted by atomic mass is 19.4. The van der Waals surface area contributed by atoms with Gasteiger partial charge in [0.05, 0.1) is 0 Å². The first kappa shape index (κ1) is 19.1. The zero-order chi connectivity index (χ0) is 18.6. The van der Waals surface area contributed by atoms with Crippen molar-refractivity contribution in [3.8, 4) is 11.4 Å². The summed E-state index contributed by atoms with van der Waals surface area (Å²) in [6.07, 6.45) is -4.01. The summed E-state index contributed by atoms with van der Waals surface area (Å²) in [6.45, 7) is 2.60. The zero-order valence-electron chi connectivity index (χ0n) is 14.0. The number of rotatable bonds is 6. The monoisotopic (exact) mass is 355 g/mol. The Morgan fingerprint density at radius 2 is 1.88 bits per heavy atom. The van der Waals surface area contributed by atoms with E-state index in [4.69, 9.17) is 5.11 Å². The Balaban J connectivity index is 2.25. The lowest BCUT2D eigenvalue weighted by Crippen LogP contribution is -2.21. The minimum Gasteiger partial charge on any atom is -0.396 e. The molecule has 5 nitrogen and oxygen atoms in total. The van der Waals surface area contributed by atoms with E-state index >= 15 is 0 Å². The number of H-pyrrole nitrogens is 1. The van der Waals surface area contributed by atoms with E-state index in [1.54, 1.807) is 24.3 Å². The van der Waals surface area contributed by atoms with Crippen LogP contribution in [-0.2, 0) is 12.7 Å². The number of alkyl halides is 3. The third-order valence-electron chi connectivity index (χ3n) is 3.80. The second kappa shape index (κ2) is 7.79. The van der Waals surface area contributed by atoms with Gasteiger partial charge < -0.3 is 15.0 Å². The fourth-order valence-corrected chi connectivity index (χ4v) is 2.44. The minimum absolute atomic E-state index is 0.108. The second-order valence-electron chi connectivity index (χ2n) is 5.90. The molecule has 136 valence electrons. The van der Waals surface area contributed by atoms with Gasteiger partial charge in [-0.25, -0.2) is 4.98 Å². The number of nitrogens with one attached hydrogen (secondary N) is 1. The number of aliphatic hydroxyl groups is 1. The molecular formula is C17H20F3N3O2. The van der Waals surface area contributed by atoms with E-state index in [0.29, 0.717) is 18.5 Å². The zero-order valence-corrected chi connectivity index (χ0v) is 14.0. The highest BCUT2D eigenvalue weighted by Crippen LogP contribution is 2.30. The van der Waals surface area contributed by atoms with E-state index in [1.807, 2.05) is 11.9 Å². The van der Waals surface area contributed by atoms with Crippen molar-refractivity contribution >= 4 is 0 Å². The Kier molecular flexibility index (Phi) is 5.97. The predicted molar refractivity (Wildman–Crippen MR) is 88.1 cm³/mol. The van der Waals surface area contributed by atoms with Crippen molar-refractivity contribution in [2.45, 2.75) is 26.1 Å². The van der Waals surface area contributed by atoms with Crippen molar-refractivity contribution in [2.75, 3.05) is 20.2 Å². The molecule has 0 aliphatic heterocycles. The number of hydrogen-bond acceptors (Lipinski definition) is 4. The van der Waals surface area contributed by atoms with E-state index < -0.39 is 23.0 Å². The fraction of sp³-hybridized carbons (Fsp3) is 0.412. The fourth-order valence-electron chi connectivity index (χ4n) is 2.44. The van der Waals surface area contributed by atoms with Crippen molar-refractivity contribution in [2.24, 2.45) is 0 Å². The highest BCUT2D eigenvalue weighted by molar-refractivity contribution is 5.55. The Bertz CT molecular complexity index is 770. The van der Waals surface area contributed by atoms with Crippen LogP contribution in [-0.4, -0.2) is 40.2 Å². The van der Waals surface area contributed by atoms with E-state index in [1.165, 1.54) is 0 Å². The quantitative estimate of drug-likeness (QED) is 0.836. The van der Waals surface area contributed by atoms with Crippen LogP contribution in [0.5, 0.6) is 0 Å². The van der Waals surface area contributed by atoms with E-state index in [2.05, 4.69) is 9.97 Å². The molecule has 0 amide bonds. The Labute approximate surface area is 143 Å². The number of halogens is 3. The predicted octanol–water partition coefficient (Wildman–Crippen LogP) is 2.58. The summed E-state index contributed by atoms with van der Waals surface area (Å²) in [6, 6.07) is 6.81. The Morgan fingerprint density at radius 3 is 2.44 bits per heavy atom. The summed E-state index contributed by atoms with van der Waals surface area (Å²) < 4.78 is 39.0. The number of hydrogen-bond donors (Lipinski definition) is 2. The van der Waals surface area contributed by atoms with Crippen molar-refractivity contribution < 1.29 is 18.3 Å². The summed E-state index contributed by atoms with van der Waals surface area (Å²) >= 11 is 0. The minimum atomic E-state index is -4.68. The van der Waals surface area contributed by atoms with Gasteiger partial charge >= 0.3 is 6.18 Å². The van der Waals surface area contributed by atoms with Crippen LogP contribution >= 0.6 is 0 Å². The molecule has 8 heteroatoms. The first-order valence-electron chi connectivity index (χ1n) is 7.79. The van der Waals surface area contributed by atoms with Gasteiger partial charge in [0.2, 0.25) is 0 Å². The highest BCUT2D eigenvalue weighted by Gasteiger charge is 2.36. The molecule has 25 heavy (non-hydrogen) atoms. The molecule has 0 atom stereocenters. The van der Waals surface area contributed by atoms with Crippen LogP contribution in [0.25, 0.3) is 11.4 Å². The maximum absolute atomic E-state index is 13.0. The van der Waals surface area contributed by atoms with Crippen LogP contribution in [0.2, 0.25) is 0 Å². The van der Waals surface area contributed by atoms with Gasteiger partial charge in [0.15, 0.2) is 5.69 Å². The number of aromatic nitrogens is 2. The molecule has 2 rings (SSSR count). The Morgan fingerprint density at radius 1 is 1.24 bits per heavy atom. The molecule has 1 heterocycles. The third-order valence-corrected chi connectivity index (χ3v) is 3.80. The van der Waals surface area contributed by atoms with Gasteiger partial charge in [0.1, 0.15) is 5.82 Å². The van der Waals surface area contributed by atoms with Crippen molar-refractivity contribution in [1.29, 1.82) is 0 Å². The van der Waals surface area contributed by atoms with Crippen LogP contribution < -0.4 is 5.56 Å². The molecule has 0 spiro atoms. The summed E-state index contributed by atoms with van der Waals surface area (Å²) in [7, 11) is 1.91. The first-order chi connectivity index (χ1) is 11.7. The van der Waals surface area contributed by atoms with Crippen molar-refractivity contribution in [1.82, 2.24) is 14.9 Å². The van der Waals surface area contributed by atoms with Gasteiger partial charge in [-0.1, -0.05) is 24.3 Å². The SMILES string of the molecule is Cc1c(C(F)(F)F)nc(-c2ccc(CN(C)CCCO)cc2)[nH]c1=O. The summed E-state index contributed by atoms with van der Waals surface area (Å²) in [5, 5.41) is 8.82. The molecule has 0 radical (unpaired) electrons. The van der Waals surface area contributed by atoms with Crippen LogP contribution in [0.4, 0.5) is 13.2 Å². The number of benzene rings is 1. The molecular weight excluding hydrogens is 335 g/mol. The molecule has 1 aromatic carbocycles. The molecule has 2 N–H and O–H groups in total. The lowest BCUT2D eigenvalue weighted by Gasteiger charge is -2.16. The molecule has 0 saturated heterocycles. The molecule has 1 aromatic heterocycles. The number of aromatic amines is 1. The van der Waals surface area contributed by atoms with Crippen LogP contribution in [0.3, 0.4) is 0 Å². The second-order valence-corrected chi connectivity index (χ2v) is 5.90. The average molecular weight is 355 g/mol. The van der Waals surface area contributed by atoms with E-state index in [0.717, 1.165) is 19.0 Å². The standard InChI is InChI=1S/C17H20F3N3O2/c1-11-14(17(18,19)20)21-15(22-16(11)25)13-6-4-12(5-7-13)10-23(2)8-3-9-24/h4-7,24H,3,8-10H2,1-2H3,(H,21,22,25). The van der Waals surface area contributed by atoms with Crippen molar-refractivity contribution in [3.05, 3.63) is 51.4 Å². The smallest absolute Gasteiger partial charge is 0.396 e. The molecule has 0 aliphatic rings. The molecule has 2 aromatic rings. The Hall–Kier alpha value is -2.19. The van der Waals surface area contributed by atoms with E-state index in [-0.39, 0.29) is 12.4 Å². The average Bonchev–Trinajstić information content (AvgIpc) is 2.55.